The van der Waals surface area contributed by atoms with Gasteiger partial charge in [-0.1, -0.05) is 95.3 Å². The predicted molar refractivity (Wildman–Crippen MR) is 91.2 cm³/mol. The minimum atomic E-state index is 0.228. The zero-order valence-electron chi connectivity index (χ0n) is 11.1. The van der Waals surface area contributed by atoms with Gasteiger partial charge in [-0.3, -0.25) is 0 Å². The molecule has 0 radical (unpaired) electrons. The van der Waals surface area contributed by atoms with E-state index >= 15 is 0 Å². The van der Waals surface area contributed by atoms with E-state index in [0.29, 0.717) is 0 Å². The zero-order valence-corrected chi connectivity index (χ0v) is 12.0. The number of hydrogen-bond donors (Lipinski definition) is 1. The highest BCUT2D eigenvalue weighted by Crippen LogP contribution is 2.04. The van der Waals surface area contributed by atoms with Crippen molar-refractivity contribution in [1.82, 2.24) is 0 Å². The molecule has 20 heavy (non-hydrogen) atoms. The number of rotatable bonds is 3. The van der Waals surface area contributed by atoms with Gasteiger partial charge in [0.2, 0.25) is 6.71 Å². The SMILES string of the molecule is Sc1ccccc1B(c1ccccc1)c1ccccc1. The maximum absolute atomic E-state index is 4.64. The average Bonchev–Trinajstić information content (AvgIpc) is 2.52. The Bertz CT molecular complexity index is 641. The summed E-state index contributed by atoms with van der Waals surface area (Å²) in [7, 11) is 0. The van der Waals surface area contributed by atoms with Crippen molar-refractivity contribution in [1.29, 1.82) is 0 Å². The fourth-order valence-electron chi connectivity index (χ4n) is 2.57. The van der Waals surface area contributed by atoms with E-state index in [9.17, 15) is 0 Å². The van der Waals surface area contributed by atoms with Crippen LogP contribution >= 0.6 is 12.6 Å². The van der Waals surface area contributed by atoms with E-state index in [2.05, 4.69) is 91.5 Å². The maximum Gasteiger partial charge on any atom is 0.242 e. The first-order valence-electron chi connectivity index (χ1n) is 6.74. The van der Waals surface area contributed by atoms with Crippen molar-refractivity contribution >= 4 is 35.7 Å². The van der Waals surface area contributed by atoms with Crippen molar-refractivity contribution in [3.05, 3.63) is 84.9 Å². The second-order valence-electron chi connectivity index (χ2n) is 4.81. The molecule has 0 aliphatic carbocycles. The van der Waals surface area contributed by atoms with Crippen molar-refractivity contribution < 1.29 is 0 Å². The van der Waals surface area contributed by atoms with E-state index in [4.69, 9.17) is 0 Å². The first-order valence-corrected chi connectivity index (χ1v) is 7.19. The highest BCUT2D eigenvalue weighted by Gasteiger charge is 2.22. The molecule has 3 rings (SSSR count). The van der Waals surface area contributed by atoms with Crippen LogP contribution in [0.4, 0.5) is 0 Å². The Hall–Kier alpha value is -1.93. The Morgan fingerprint density at radius 3 is 1.50 bits per heavy atom. The summed E-state index contributed by atoms with van der Waals surface area (Å²) in [6.07, 6.45) is 0. The molecule has 3 aromatic carbocycles. The quantitative estimate of drug-likeness (QED) is 0.550. The molecular weight excluding hydrogens is 259 g/mol. The van der Waals surface area contributed by atoms with Crippen molar-refractivity contribution in [2.75, 3.05) is 0 Å². The van der Waals surface area contributed by atoms with Gasteiger partial charge in [-0.05, 0) is 11.0 Å². The van der Waals surface area contributed by atoms with Crippen LogP contribution in [0.3, 0.4) is 0 Å². The third-order valence-corrected chi connectivity index (χ3v) is 3.92. The van der Waals surface area contributed by atoms with Crippen LogP contribution < -0.4 is 16.4 Å². The molecule has 3 aromatic rings. The van der Waals surface area contributed by atoms with Crippen LogP contribution in [0.15, 0.2) is 89.8 Å². The zero-order chi connectivity index (χ0) is 13.8. The van der Waals surface area contributed by atoms with Crippen LogP contribution in [-0.4, -0.2) is 6.71 Å². The molecule has 0 N–H and O–H groups in total. The molecule has 0 bridgehead atoms. The summed E-state index contributed by atoms with van der Waals surface area (Å²) in [5.74, 6) is 0. The molecular formula is C18H15BS. The van der Waals surface area contributed by atoms with Gasteiger partial charge in [-0.2, -0.15) is 0 Å². The summed E-state index contributed by atoms with van der Waals surface area (Å²) < 4.78 is 0. The summed E-state index contributed by atoms with van der Waals surface area (Å²) in [6, 6.07) is 29.5. The Kier molecular flexibility index (Phi) is 3.94. The standard InChI is InChI=1S/C18H15BS/c20-18-14-8-7-13-17(18)19(15-9-3-1-4-10-15)16-11-5-2-6-12-16/h1-14,20H. The number of benzene rings is 3. The molecule has 0 saturated heterocycles. The van der Waals surface area contributed by atoms with Gasteiger partial charge in [-0.25, -0.2) is 0 Å². The van der Waals surface area contributed by atoms with Crippen molar-refractivity contribution in [3.8, 4) is 0 Å². The van der Waals surface area contributed by atoms with Crippen molar-refractivity contribution in [2.24, 2.45) is 0 Å². The van der Waals surface area contributed by atoms with Gasteiger partial charge < -0.3 is 0 Å². The van der Waals surface area contributed by atoms with E-state index < -0.39 is 0 Å². The van der Waals surface area contributed by atoms with Gasteiger partial charge in [0.25, 0.3) is 0 Å². The monoisotopic (exact) mass is 274 g/mol. The van der Waals surface area contributed by atoms with Crippen LogP contribution in [0.2, 0.25) is 0 Å². The second-order valence-corrected chi connectivity index (χ2v) is 5.30. The van der Waals surface area contributed by atoms with Crippen LogP contribution in [-0.2, 0) is 0 Å². The Labute approximate surface area is 126 Å². The van der Waals surface area contributed by atoms with Gasteiger partial charge in [0.1, 0.15) is 0 Å². The molecule has 0 heterocycles. The maximum atomic E-state index is 4.64. The van der Waals surface area contributed by atoms with Crippen LogP contribution in [0, 0.1) is 0 Å². The van der Waals surface area contributed by atoms with Gasteiger partial charge >= 0.3 is 0 Å². The summed E-state index contributed by atoms with van der Waals surface area (Å²) in [6.45, 7) is 0.228. The van der Waals surface area contributed by atoms with E-state index in [1.165, 1.54) is 16.4 Å². The molecule has 96 valence electrons. The third-order valence-electron chi connectivity index (χ3n) is 3.51. The van der Waals surface area contributed by atoms with Crippen LogP contribution in [0.25, 0.3) is 0 Å². The molecule has 0 aliphatic heterocycles. The summed E-state index contributed by atoms with van der Waals surface area (Å²) in [4.78, 5) is 1.03. The Morgan fingerprint density at radius 2 is 1.00 bits per heavy atom. The third kappa shape index (κ3) is 2.66. The Balaban J connectivity index is 2.17. The van der Waals surface area contributed by atoms with Crippen LogP contribution in [0.1, 0.15) is 0 Å². The first kappa shape index (κ1) is 13.1. The largest absolute Gasteiger partial charge is 0.242 e. The molecule has 0 saturated carbocycles. The first-order chi connectivity index (χ1) is 9.86. The van der Waals surface area contributed by atoms with E-state index in [1.54, 1.807) is 0 Å². The number of thiol groups is 1. The van der Waals surface area contributed by atoms with Crippen molar-refractivity contribution in [3.63, 3.8) is 0 Å². The average molecular weight is 274 g/mol. The lowest BCUT2D eigenvalue weighted by Crippen LogP contribution is -2.52. The summed E-state index contributed by atoms with van der Waals surface area (Å²) in [5, 5.41) is 0. The molecule has 0 aromatic heterocycles. The minimum absolute atomic E-state index is 0.228. The van der Waals surface area contributed by atoms with Gasteiger partial charge in [0.05, 0.1) is 0 Å². The van der Waals surface area contributed by atoms with E-state index in [0.717, 1.165) is 4.90 Å². The molecule has 0 nitrogen and oxygen atoms in total. The second kappa shape index (κ2) is 6.02. The molecule has 0 aliphatic rings. The van der Waals surface area contributed by atoms with E-state index in [-0.39, 0.29) is 6.71 Å². The lowest BCUT2D eigenvalue weighted by Gasteiger charge is -2.17. The van der Waals surface area contributed by atoms with Crippen LogP contribution in [0.5, 0.6) is 0 Å². The molecule has 0 atom stereocenters. The fourth-order valence-corrected chi connectivity index (χ4v) is 2.86. The highest BCUT2D eigenvalue weighted by molar-refractivity contribution is 7.80. The molecule has 0 spiro atoms. The topological polar surface area (TPSA) is 0 Å². The van der Waals surface area contributed by atoms with Gasteiger partial charge in [-0.15, -0.1) is 12.6 Å². The van der Waals surface area contributed by atoms with Crippen molar-refractivity contribution in [2.45, 2.75) is 4.90 Å². The van der Waals surface area contributed by atoms with E-state index in [1.807, 2.05) is 6.07 Å². The summed E-state index contributed by atoms with van der Waals surface area (Å²) in [5.41, 5.74) is 3.83. The van der Waals surface area contributed by atoms with Gasteiger partial charge in [0.15, 0.2) is 0 Å². The fraction of sp³-hybridized carbons (Fsp3) is 0. The highest BCUT2D eigenvalue weighted by atomic mass is 32.1. The smallest absolute Gasteiger partial charge is 0.144 e. The molecule has 0 fully saturated rings. The molecule has 0 amide bonds. The Morgan fingerprint density at radius 1 is 0.550 bits per heavy atom. The summed E-state index contributed by atoms with van der Waals surface area (Å²) >= 11 is 4.64. The lowest BCUT2D eigenvalue weighted by atomic mass is 9.37. The number of hydrogen-bond acceptors (Lipinski definition) is 1. The molecule has 0 unspecified atom stereocenters. The predicted octanol–water partition coefficient (Wildman–Crippen LogP) is 2.49. The normalized spacial score (nSPS) is 10.2. The molecule has 2 heteroatoms. The minimum Gasteiger partial charge on any atom is -0.144 e. The van der Waals surface area contributed by atoms with Gasteiger partial charge in [0, 0.05) is 0 Å². The lowest BCUT2D eigenvalue weighted by molar-refractivity contribution is 1.53.